The molecule has 0 aromatic carbocycles. The van der Waals surface area contributed by atoms with Crippen LogP contribution >= 0.6 is 0 Å². The molecule has 1 unspecified atom stereocenters. The maximum atomic E-state index is 12.9. The minimum Gasteiger partial charge on any atom is -0.463 e. The smallest absolute Gasteiger partial charge is 0.463 e. The Morgan fingerprint density at radius 2 is 1.58 bits per heavy atom. The first kappa shape index (κ1) is 17.3. The standard InChI is InChI=1S/C9H8F6O4/c1-2-18-5(16)3-4-6(17)19-8(12,7(10)11)9(13,14)15/h3-4,7H,2H2,1H3/b4-3+. The molecule has 19 heavy (non-hydrogen) atoms. The summed E-state index contributed by atoms with van der Waals surface area (Å²) in [5.41, 5.74) is 0. The molecule has 0 aliphatic carbocycles. The average molecular weight is 294 g/mol. The quantitative estimate of drug-likeness (QED) is 0.443. The van der Waals surface area contributed by atoms with E-state index in [1.54, 1.807) is 0 Å². The van der Waals surface area contributed by atoms with Gasteiger partial charge in [0.25, 0.3) is 0 Å². The number of hydrogen-bond donors (Lipinski definition) is 0. The van der Waals surface area contributed by atoms with Crippen LogP contribution in [0.3, 0.4) is 0 Å². The van der Waals surface area contributed by atoms with E-state index in [4.69, 9.17) is 0 Å². The van der Waals surface area contributed by atoms with E-state index in [2.05, 4.69) is 9.47 Å². The van der Waals surface area contributed by atoms with E-state index in [-0.39, 0.29) is 12.7 Å². The molecule has 1 atom stereocenters. The fourth-order valence-electron chi connectivity index (χ4n) is 0.733. The van der Waals surface area contributed by atoms with Crippen molar-refractivity contribution in [2.45, 2.75) is 25.4 Å². The largest absolute Gasteiger partial charge is 0.466 e. The molecule has 10 heteroatoms. The molecule has 0 saturated carbocycles. The van der Waals surface area contributed by atoms with Crippen LogP contribution in [0.4, 0.5) is 26.3 Å². The second kappa shape index (κ2) is 6.43. The lowest BCUT2D eigenvalue weighted by atomic mass is 10.3. The lowest BCUT2D eigenvalue weighted by molar-refractivity contribution is -0.354. The number of carbonyl (C=O) groups is 2. The molecular formula is C9H8F6O4. The Labute approximate surface area is 103 Å². The fraction of sp³-hybridized carbons (Fsp3) is 0.556. The molecule has 0 aliphatic rings. The topological polar surface area (TPSA) is 52.6 Å². The third-order valence-electron chi connectivity index (χ3n) is 1.56. The van der Waals surface area contributed by atoms with Crippen LogP contribution in [0.2, 0.25) is 0 Å². The van der Waals surface area contributed by atoms with Gasteiger partial charge in [0.05, 0.1) is 6.61 Å². The number of rotatable bonds is 5. The van der Waals surface area contributed by atoms with Crippen LogP contribution in [0.15, 0.2) is 12.2 Å². The van der Waals surface area contributed by atoms with E-state index in [9.17, 15) is 35.9 Å². The van der Waals surface area contributed by atoms with E-state index < -0.39 is 30.4 Å². The molecule has 0 saturated heterocycles. The third kappa shape index (κ3) is 4.79. The van der Waals surface area contributed by atoms with Crippen molar-refractivity contribution in [3.05, 3.63) is 12.2 Å². The number of esters is 2. The summed E-state index contributed by atoms with van der Waals surface area (Å²) in [6.45, 7) is 1.31. The zero-order valence-corrected chi connectivity index (χ0v) is 9.34. The van der Waals surface area contributed by atoms with Crippen molar-refractivity contribution >= 4 is 11.9 Å². The predicted molar refractivity (Wildman–Crippen MR) is 47.8 cm³/mol. The van der Waals surface area contributed by atoms with Gasteiger partial charge in [0.2, 0.25) is 0 Å². The fourth-order valence-corrected chi connectivity index (χ4v) is 0.733. The van der Waals surface area contributed by atoms with Crippen molar-refractivity contribution in [3.63, 3.8) is 0 Å². The summed E-state index contributed by atoms with van der Waals surface area (Å²) in [6, 6.07) is 0. The lowest BCUT2D eigenvalue weighted by Gasteiger charge is -2.25. The molecule has 0 aromatic heterocycles. The summed E-state index contributed by atoms with van der Waals surface area (Å²) in [7, 11) is 0. The molecular weight excluding hydrogens is 286 g/mol. The molecule has 0 N–H and O–H groups in total. The summed E-state index contributed by atoms with van der Waals surface area (Å²) in [5.74, 6) is -8.68. The zero-order chi connectivity index (χ0) is 15.3. The summed E-state index contributed by atoms with van der Waals surface area (Å²) in [5, 5.41) is 0. The Balaban J connectivity index is 4.81. The molecule has 0 fully saturated rings. The molecule has 0 radical (unpaired) electrons. The zero-order valence-electron chi connectivity index (χ0n) is 9.34. The van der Waals surface area contributed by atoms with Gasteiger partial charge in [-0.05, 0) is 6.92 Å². The van der Waals surface area contributed by atoms with Crippen LogP contribution in [0, 0.1) is 0 Å². The molecule has 0 aromatic rings. The Kier molecular flexibility index (Phi) is 5.84. The molecule has 0 heterocycles. The van der Waals surface area contributed by atoms with Gasteiger partial charge in [-0.3, -0.25) is 0 Å². The van der Waals surface area contributed by atoms with E-state index in [1.807, 2.05) is 0 Å². The van der Waals surface area contributed by atoms with Crippen molar-refractivity contribution in [1.29, 1.82) is 0 Å². The van der Waals surface area contributed by atoms with Gasteiger partial charge >= 0.3 is 30.4 Å². The van der Waals surface area contributed by atoms with Gasteiger partial charge in [-0.25, -0.2) is 18.4 Å². The normalized spacial score (nSPS) is 15.4. The van der Waals surface area contributed by atoms with E-state index in [0.29, 0.717) is 6.08 Å². The van der Waals surface area contributed by atoms with Crippen LogP contribution < -0.4 is 0 Å². The maximum absolute atomic E-state index is 12.9. The SMILES string of the molecule is CCOC(=O)/C=C/C(=O)OC(F)(C(F)F)C(F)(F)F. The van der Waals surface area contributed by atoms with Crippen molar-refractivity contribution in [2.24, 2.45) is 0 Å². The summed E-state index contributed by atoms with van der Waals surface area (Å²) in [4.78, 5) is 21.4. The highest BCUT2D eigenvalue weighted by molar-refractivity contribution is 5.91. The van der Waals surface area contributed by atoms with Gasteiger partial charge in [0, 0.05) is 12.2 Å². The molecule has 0 aliphatic heterocycles. The monoisotopic (exact) mass is 294 g/mol. The van der Waals surface area contributed by atoms with Crippen molar-refractivity contribution in [1.82, 2.24) is 0 Å². The molecule has 4 nitrogen and oxygen atoms in total. The Bertz CT molecular complexity index is 364. The number of hydrogen-bond acceptors (Lipinski definition) is 4. The van der Waals surface area contributed by atoms with Crippen LogP contribution in [0.1, 0.15) is 6.92 Å². The van der Waals surface area contributed by atoms with Crippen LogP contribution in [0.25, 0.3) is 0 Å². The summed E-state index contributed by atoms with van der Waals surface area (Å²) >= 11 is 0. The summed E-state index contributed by atoms with van der Waals surface area (Å²) < 4.78 is 80.0. The molecule has 0 bridgehead atoms. The highest BCUT2D eigenvalue weighted by atomic mass is 19.4. The van der Waals surface area contributed by atoms with Crippen molar-refractivity contribution in [2.75, 3.05) is 6.61 Å². The molecule has 0 rings (SSSR count). The lowest BCUT2D eigenvalue weighted by Crippen LogP contribution is -2.50. The van der Waals surface area contributed by atoms with Crippen LogP contribution in [0.5, 0.6) is 0 Å². The van der Waals surface area contributed by atoms with Gasteiger partial charge in [-0.2, -0.15) is 17.6 Å². The number of ether oxygens (including phenoxy) is 2. The third-order valence-corrected chi connectivity index (χ3v) is 1.56. The first-order chi connectivity index (χ1) is 8.54. The Morgan fingerprint density at radius 1 is 1.11 bits per heavy atom. The second-order valence-corrected chi connectivity index (χ2v) is 2.95. The highest BCUT2D eigenvalue weighted by Gasteiger charge is 2.66. The minimum absolute atomic E-state index is 0.0421. The highest BCUT2D eigenvalue weighted by Crippen LogP contribution is 2.39. The molecule has 0 amide bonds. The van der Waals surface area contributed by atoms with Gasteiger partial charge in [-0.1, -0.05) is 0 Å². The number of carbonyl (C=O) groups excluding carboxylic acids is 2. The minimum atomic E-state index is -6.12. The van der Waals surface area contributed by atoms with Crippen molar-refractivity contribution in [3.8, 4) is 0 Å². The van der Waals surface area contributed by atoms with E-state index in [1.165, 1.54) is 6.92 Å². The van der Waals surface area contributed by atoms with Crippen LogP contribution in [-0.2, 0) is 19.1 Å². The van der Waals surface area contributed by atoms with Crippen molar-refractivity contribution < 1.29 is 45.4 Å². The van der Waals surface area contributed by atoms with Gasteiger partial charge in [-0.15, -0.1) is 0 Å². The second-order valence-electron chi connectivity index (χ2n) is 2.95. The Hall–Kier alpha value is -1.74. The predicted octanol–water partition coefficient (Wildman–Crippen LogP) is 2.14. The molecule has 0 spiro atoms. The van der Waals surface area contributed by atoms with E-state index in [0.717, 1.165) is 0 Å². The average Bonchev–Trinajstić information content (AvgIpc) is 2.24. The first-order valence-corrected chi connectivity index (χ1v) is 4.66. The van der Waals surface area contributed by atoms with Gasteiger partial charge in [0.1, 0.15) is 0 Å². The molecule has 110 valence electrons. The van der Waals surface area contributed by atoms with Gasteiger partial charge in [0.15, 0.2) is 0 Å². The number of halogens is 6. The van der Waals surface area contributed by atoms with E-state index >= 15 is 0 Å². The number of alkyl halides is 6. The first-order valence-electron chi connectivity index (χ1n) is 4.66. The maximum Gasteiger partial charge on any atom is 0.466 e. The Morgan fingerprint density at radius 3 is 1.95 bits per heavy atom. The summed E-state index contributed by atoms with van der Waals surface area (Å²) in [6.07, 6.45) is -10.4. The van der Waals surface area contributed by atoms with Crippen LogP contribution in [-0.4, -0.2) is 37.0 Å². The van der Waals surface area contributed by atoms with Gasteiger partial charge < -0.3 is 9.47 Å².